The molecular weight excluding hydrogens is 317 g/mol. The van der Waals surface area contributed by atoms with E-state index in [2.05, 4.69) is 27.1 Å². The van der Waals surface area contributed by atoms with E-state index in [0.29, 0.717) is 5.69 Å². The second kappa shape index (κ2) is 7.51. The lowest BCUT2D eigenvalue weighted by molar-refractivity contribution is 0.0292. The SMILES string of the molecule is Fc1cc(Cl)ncc1C#Cc1ccc(CC2CNCCO2)cn1. The van der Waals surface area contributed by atoms with Crippen LogP contribution in [0.5, 0.6) is 0 Å². The molecule has 2 aromatic heterocycles. The van der Waals surface area contributed by atoms with Crippen molar-refractivity contribution in [2.45, 2.75) is 12.5 Å². The van der Waals surface area contributed by atoms with Crippen molar-refractivity contribution in [3.63, 3.8) is 0 Å². The molecule has 0 radical (unpaired) electrons. The fraction of sp³-hybridized carbons (Fsp3) is 0.294. The molecular formula is C17H15ClFN3O. The largest absolute Gasteiger partial charge is 0.375 e. The highest BCUT2D eigenvalue weighted by molar-refractivity contribution is 6.29. The number of halogens is 2. The molecule has 3 heterocycles. The molecule has 0 aliphatic carbocycles. The summed E-state index contributed by atoms with van der Waals surface area (Å²) in [5.74, 6) is 5.05. The van der Waals surface area contributed by atoms with Gasteiger partial charge in [0.15, 0.2) is 0 Å². The van der Waals surface area contributed by atoms with Crippen LogP contribution in [0.15, 0.2) is 30.6 Å². The Bertz CT molecular complexity index is 734. The Morgan fingerprint density at radius 1 is 1.30 bits per heavy atom. The predicted molar refractivity (Wildman–Crippen MR) is 85.7 cm³/mol. The minimum atomic E-state index is -0.490. The fourth-order valence-corrected chi connectivity index (χ4v) is 2.41. The second-order valence-corrected chi connectivity index (χ2v) is 5.58. The van der Waals surface area contributed by atoms with Crippen LogP contribution in [-0.4, -0.2) is 35.8 Å². The number of nitrogens with zero attached hydrogens (tertiary/aromatic N) is 2. The maximum absolute atomic E-state index is 13.6. The third-order valence-electron chi connectivity index (χ3n) is 3.44. The van der Waals surface area contributed by atoms with Crippen molar-refractivity contribution in [2.24, 2.45) is 0 Å². The highest BCUT2D eigenvalue weighted by atomic mass is 35.5. The standard InChI is InChI=1S/C17H15ClFN3O/c18-17-8-16(19)13(10-22-17)2-4-14-3-1-12(9-21-14)7-15-11-20-5-6-23-15/h1,3,8-10,15,20H,5-7,11H2. The van der Waals surface area contributed by atoms with Crippen LogP contribution in [0, 0.1) is 17.7 Å². The smallest absolute Gasteiger partial charge is 0.143 e. The lowest BCUT2D eigenvalue weighted by Gasteiger charge is -2.23. The predicted octanol–water partition coefficient (Wildman–Crippen LogP) is 2.20. The highest BCUT2D eigenvalue weighted by Gasteiger charge is 2.13. The van der Waals surface area contributed by atoms with E-state index >= 15 is 0 Å². The maximum Gasteiger partial charge on any atom is 0.143 e. The number of pyridine rings is 2. The Labute approximate surface area is 139 Å². The highest BCUT2D eigenvalue weighted by Crippen LogP contribution is 2.11. The first-order valence-electron chi connectivity index (χ1n) is 7.31. The molecule has 1 aliphatic heterocycles. The number of hydrogen-bond acceptors (Lipinski definition) is 4. The minimum Gasteiger partial charge on any atom is -0.375 e. The molecule has 1 unspecified atom stereocenters. The summed E-state index contributed by atoms with van der Waals surface area (Å²) in [4.78, 5) is 8.10. The lowest BCUT2D eigenvalue weighted by Crippen LogP contribution is -2.39. The van der Waals surface area contributed by atoms with Gasteiger partial charge >= 0.3 is 0 Å². The molecule has 1 fully saturated rings. The average molecular weight is 332 g/mol. The van der Waals surface area contributed by atoms with Gasteiger partial charge in [-0.2, -0.15) is 0 Å². The van der Waals surface area contributed by atoms with Gasteiger partial charge in [-0.15, -0.1) is 0 Å². The van der Waals surface area contributed by atoms with Crippen LogP contribution in [0.25, 0.3) is 0 Å². The van der Waals surface area contributed by atoms with E-state index in [0.717, 1.165) is 37.7 Å². The molecule has 23 heavy (non-hydrogen) atoms. The summed E-state index contributed by atoms with van der Waals surface area (Å²) in [6.45, 7) is 2.49. The van der Waals surface area contributed by atoms with Gasteiger partial charge < -0.3 is 10.1 Å². The number of aromatic nitrogens is 2. The van der Waals surface area contributed by atoms with Gasteiger partial charge in [0.25, 0.3) is 0 Å². The topological polar surface area (TPSA) is 47.0 Å². The Morgan fingerprint density at radius 3 is 2.91 bits per heavy atom. The van der Waals surface area contributed by atoms with Gasteiger partial charge in [-0.25, -0.2) is 14.4 Å². The van der Waals surface area contributed by atoms with Crippen molar-refractivity contribution >= 4 is 11.6 Å². The third-order valence-corrected chi connectivity index (χ3v) is 3.64. The summed E-state index contributed by atoms with van der Waals surface area (Å²) in [6.07, 6.45) is 4.07. The van der Waals surface area contributed by atoms with Gasteiger partial charge in [-0.05, 0) is 17.6 Å². The van der Waals surface area contributed by atoms with Crippen LogP contribution in [0.1, 0.15) is 16.8 Å². The van der Waals surface area contributed by atoms with E-state index in [4.69, 9.17) is 16.3 Å². The molecule has 0 aromatic carbocycles. The Hall–Kier alpha value is -2.00. The molecule has 0 amide bonds. The van der Waals surface area contributed by atoms with Gasteiger partial charge in [-0.1, -0.05) is 23.6 Å². The van der Waals surface area contributed by atoms with Crippen LogP contribution in [0.3, 0.4) is 0 Å². The first-order valence-corrected chi connectivity index (χ1v) is 7.69. The van der Waals surface area contributed by atoms with Crippen molar-refractivity contribution in [3.8, 4) is 11.8 Å². The fourth-order valence-electron chi connectivity index (χ4n) is 2.26. The molecule has 6 heteroatoms. The summed E-state index contributed by atoms with van der Waals surface area (Å²) in [5, 5.41) is 3.40. The van der Waals surface area contributed by atoms with E-state index in [1.807, 2.05) is 12.1 Å². The number of hydrogen-bond donors (Lipinski definition) is 1. The average Bonchev–Trinajstić information content (AvgIpc) is 2.56. The molecule has 1 atom stereocenters. The number of ether oxygens (including phenoxy) is 1. The third kappa shape index (κ3) is 4.49. The molecule has 4 nitrogen and oxygen atoms in total. The summed E-state index contributed by atoms with van der Waals surface area (Å²) in [6, 6.07) is 4.92. The molecule has 0 spiro atoms. The monoisotopic (exact) mass is 331 g/mol. The Kier molecular flexibility index (Phi) is 5.19. The number of nitrogens with one attached hydrogen (secondary N) is 1. The molecule has 1 N–H and O–H groups in total. The summed E-state index contributed by atoms with van der Waals surface area (Å²) in [5.41, 5.74) is 1.86. The normalized spacial score (nSPS) is 17.4. The molecule has 118 valence electrons. The van der Waals surface area contributed by atoms with Gasteiger partial charge in [-0.3, -0.25) is 0 Å². The van der Waals surface area contributed by atoms with E-state index < -0.39 is 5.82 Å². The molecule has 0 bridgehead atoms. The number of rotatable bonds is 2. The summed E-state index contributed by atoms with van der Waals surface area (Å²) in [7, 11) is 0. The molecule has 3 rings (SSSR count). The summed E-state index contributed by atoms with van der Waals surface area (Å²) >= 11 is 5.61. The Morgan fingerprint density at radius 2 is 2.22 bits per heavy atom. The Balaban J connectivity index is 1.66. The van der Waals surface area contributed by atoms with E-state index in [1.165, 1.54) is 6.20 Å². The van der Waals surface area contributed by atoms with Crippen molar-refractivity contribution in [3.05, 3.63) is 58.4 Å². The summed E-state index contributed by atoms with van der Waals surface area (Å²) < 4.78 is 19.3. The van der Waals surface area contributed by atoms with E-state index in [9.17, 15) is 4.39 Å². The van der Waals surface area contributed by atoms with Crippen LogP contribution in [-0.2, 0) is 11.2 Å². The van der Waals surface area contributed by atoms with Crippen molar-refractivity contribution in [1.82, 2.24) is 15.3 Å². The molecule has 1 aliphatic rings. The first-order chi connectivity index (χ1) is 11.2. The lowest BCUT2D eigenvalue weighted by atomic mass is 10.1. The van der Waals surface area contributed by atoms with Crippen LogP contribution < -0.4 is 5.32 Å². The van der Waals surface area contributed by atoms with Crippen LogP contribution >= 0.6 is 11.6 Å². The van der Waals surface area contributed by atoms with E-state index in [1.54, 1.807) is 6.20 Å². The second-order valence-electron chi connectivity index (χ2n) is 5.19. The quantitative estimate of drug-likeness (QED) is 0.677. The van der Waals surface area contributed by atoms with Gasteiger partial charge in [0.05, 0.1) is 18.3 Å². The van der Waals surface area contributed by atoms with Crippen LogP contribution in [0.4, 0.5) is 4.39 Å². The zero-order valence-electron chi connectivity index (χ0n) is 12.4. The molecule has 1 saturated heterocycles. The maximum atomic E-state index is 13.6. The zero-order chi connectivity index (χ0) is 16.1. The van der Waals surface area contributed by atoms with Gasteiger partial charge in [0.1, 0.15) is 16.7 Å². The molecule has 0 saturated carbocycles. The number of morpholine rings is 1. The van der Waals surface area contributed by atoms with Crippen molar-refractivity contribution < 1.29 is 9.13 Å². The van der Waals surface area contributed by atoms with Crippen LogP contribution in [0.2, 0.25) is 5.15 Å². The minimum absolute atomic E-state index is 0.106. The zero-order valence-corrected chi connectivity index (χ0v) is 13.1. The van der Waals surface area contributed by atoms with Crippen molar-refractivity contribution in [2.75, 3.05) is 19.7 Å². The van der Waals surface area contributed by atoms with Gasteiger partial charge in [0, 0.05) is 38.0 Å². The van der Waals surface area contributed by atoms with Gasteiger partial charge in [0.2, 0.25) is 0 Å². The van der Waals surface area contributed by atoms with E-state index in [-0.39, 0.29) is 16.8 Å². The molecule has 2 aromatic rings. The first kappa shape index (κ1) is 15.9. The van der Waals surface area contributed by atoms with Crippen molar-refractivity contribution in [1.29, 1.82) is 0 Å².